The zero-order chi connectivity index (χ0) is 16.5. The second-order valence-electron chi connectivity index (χ2n) is 6.16. The molecule has 1 aromatic carbocycles. The number of rotatable bonds is 5. The normalized spacial score (nSPS) is 18.1. The van der Waals surface area contributed by atoms with Crippen molar-refractivity contribution in [2.75, 3.05) is 18.2 Å². The summed E-state index contributed by atoms with van der Waals surface area (Å²) in [5.74, 6) is 2.01. The van der Waals surface area contributed by atoms with Crippen LogP contribution >= 0.6 is 0 Å². The van der Waals surface area contributed by atoms with Crippen LogP contribution in [0.4, 0.5) is 5.82 Å². The maximum atomic E-state index is 13.1. The Morgan fingerprint density at radius 2 is 2.08 bits per heavy atom. The molecule has 2 aromatic rings. The molecule has 0 radical (unpaired) electrons. The fraction of sp³-hybridized carbons (Fsp3) is 0.368. The molecule has 124 valence electrons. The van der Waals surface area contributed by atoms with Gasteiger partial charge in [-0.1, -0.05) is 31.9 Å². The van der Waals surface area contributed by atoms with Gasteiger partial charge < -0.3 is 9.47 Å². The molecule has 0 saturated carbocycles. The van der Waals surface area contributed by atoms with Crippen molar-refractivity contribution in [1.82, 2.24) is 4.98 Å². The number of hydrogen-bond donors (Lipinski definition) is 0. The summed E-state index contributed by atoms with van der Waals surface area (Å²) in [5, 5.41) is 0. The van der Waals surface area contributed by atoms with E-state index in [2.05, 4.69) is 11.9 Å². The molecule has 0 N–H and O–H groups in total. The van der Waals surface area contributed by atoms with E-state index in [0.717, 1.165) is 48.5 Å². The molecule has 0 fully saturated rings. The van der Waals surface area contributed by atoms with Crippen molar-refractivity contribution in [2.45, 2.75) is 32.1 Å². The molecule has 0 bridgehead atoms. The summed E-state index contributed by atoms with van der Waals surface area (Å²) in [6, 6.07) is 9.62. The quantitative estimate of drug-likeness (QED) is 0.790. The summed E-state index contributed by atoms with van der Waals surface area (Å²) in [6.07, 6.45) is 4.98. The van der Waals surface area contributed by atoms with Gasteiger partial charge in [-0.2, -0.15) is 0 Å². The first-order valence-corrected chi connectivity index (χ1v) is 8.45. The molecule has 1 amide bonds. The minimum atomic E-state index is -0.315. The number of carbonyl (C=O) groups excluding carboxylic acids is 1. The van der Waals surface area contributed by atoms with Crippen LogP contribution in [0, 0.1) is 0 Å². The number of benzene rings is 1. The molecule has 1 atom stereocenters. The summed E-state index contributed by atoms with van der Waals surface area (Å²) in [6.45, 7) is 3.11. The van der Waals surface area contributed by atoms with Crippen molar-refractivity contribution in [2.24, 2.45) is 0 Å². The molecular formula is C19H20N2O3. The minimum Gasteiger partial charge on any atom is -0.454 e. The van der Waals surface area contributed by atoms with Crippen LogP contribution in [0.3, 0.4) is 0 Å². The Balaban J connectivity index is 1.69. The molecule has 24 heavy (non-hydrogen) atoms. The average molecular weight is 324 g/mol. The van der Waals surface area contributed by atoms with Crippen LogP contribution in [0.2, 0.25) is 0 Å². The lowest BCUT2D eigenvalue weighted by Crippen LogP contribution is -2.30. The van der Waals surface area contributed by atoms with Crippen LogP contribution in [-0.2, 0) is 4.79 Å². The number of amides is 1. The molecule has 2 aliphatic rings. The number of hydrogen-bond acceptors (Lipinski definition) is 4. The van der Waals surface area contributed by atoms with Crippen LogP contribution in [0.25, 0.3) is 0 Å². The van der Waals surface area contributed by atoms with Crippen molar-refractivity contribution < 1.29 is 14.3 Å². The topological polar surface area (TPSA) is 51.7 Å². The van der Waals surface area contributed by atoms with Crippen LogP contribution in [0.1, 0.15) is 43.2 Å². The number of pyridine rings is 1. The van der Waals surface area contributed by atoms with E-state index in [4.69, 9.17) is 9.47 Å². The SMILES string of the molecule is CCCCCN1C(=O)C(c2ccc3c(c2)OCO3)c2cccnc21. The van der Waals surface area contributed by atoms with Gasteiger partial charge >= 0.3 is 0 Å². The molecule has 1 aromatic heterocycles. The van der Waals surface area contributed by atoms with Gasteiger partial charge in [-0.05, 0) is 30.2 Å². The van der Waals surface area contributed by atoms with Crippen molar-refractivity contribution in [3.8, 4) is 11.5 Å². The van der Waals surface area contributed by atoms with E-state index in [1.165, 1.54) is 0 Å². The summed E-state index contributed by atoms with van der Waals surface area (Å²) in [7, 11) is 0. The minimum absolute atomic E-state index is 0.0960. The third kappa shape index (κ3) is 2.40. The summed E-state index contributed by atoms with van der Waals surface area (Å²) >= 11 is 0. The summed E-state index contributed by atoms with van der Waals surface area (Å²) < 4.78 is 10.8. The maximum Gasteiger partial charge on any atom is 0.240 e. The first-order chi connectivity index (χ1) is 11.8. The number of fused-ring (bicyclic) bond motifs is 2. The highest BCUT2D eigenvalue weighted by Crippen LogP contribution is 2.43. The lowest BCUT2D eigenvalue weighted by atomic mass is 9.93. The van der Waals surface area contributed by atoms with Crippen LogP contribution in [-0.4, -0.2) is 24.2 Å². The number of unbranched alkanes of at least 4 members (excludes halogenated alkanes) is 2. The smallest absolute Gasteiger partial charge is 0.240 e. The van der Waals surface area contributed by atoms with Crippen molar-refractivity contribution in [1.29, 1.82) is 0 Å². The molecule has 5 heteroatoms. The Morgan fingerprint density at radius 1 is 1.21 bits per heavy atom. The predicted octanol–water partition coefficient (Wildman–Crippen LogP) is 3.48. The van der Waals surface area contributed by atoms with Crippen molar-refractivity contribution in [3.63, 3.8) is 0 Å². The molecule has 0 aliphatic carbocycles. The molecule has 2 aliphatic heterocycles. The predicted molar refractivity (Wildman–Crippen MR) is 90.5 cm³/mol. The van der Waals surface area contributed by atoms with E-state index < -0.39 is 0 Å². The van der Waals surface area contributed by atoms with E-state index in [9.17, 15) is 4.79 Å². The molecule has 4 rings (SSSR count). The fourth-order valence-electron chi connectivity index (χ4n) is 3.40. The fourth-order valence-corrected chi connectivity index (χ4v) is 3.40. The summed E-state index contributed by atoms with van der Waals surface area (Å²) in [4.78, 5) is 19.4. The van der Waals surface area contributed by atoms with Gasteiger partial charge in [-0.3, -0.25) is 9.69 Å². The lowest BCUT2D eigenvalue weighted by Gasteiger charge is -2.17. The molecular weight excluding hydrogens is 304 g/mol. The van der Waals surface area contributed by atoms with Gasteiger partial charge in [-0.25, -0.2) is 4.98 Å². The van der Waals surface area contributed by atoms with Crippen LogP contribution in [0.15, 0.2) is 36.5 Å². The van der Waals surface area contributed by atoms with Gasteiger partial charge in [0.05, 0.1) is 5.92 Å². The standard InChI is InChI=1S/C19H20N2O3/c1-2-3-4-10-21-18-14(6-5-9-20-18)17(19(21)22)13-7-8-15-16(11-13)24-12-23-15/h5-9,11,17H,2-4,10,12H2,1H3. The molecule has 1 unspecified atom stereocenters. The Hall–Kier alpha value is -2.56. The number of aromatic nitrogens is 1. The van der Waals surface area contributed by atoms with E-state index in [1.54, 1.807) is 6.20 Å². The van der Waals surface area contributed by atoms with E-state index in [0.29, 0.717) is 5.75 Å². The molecule has 3 heterocycles. The Labute approximate surface area is 141 Å². The Bertz CT molecular complexity index is 775. The number of ether oxygens (including phenoxy) is 2. The third-order valence-corrected chi connectivity index (χ3v) is 4.61. The monoisotopic (exact) mass is 324 g/mol. The third-order valence-electron chi connectivity index (χ3n) is 4.61. The van der Waals surface area contributed by atoms with Crippen molar-refractivity contribution >= 4 is 11.7 Å². The van der Waals surface area contributed by atoms with Gasteiger partial charge in [0, 0.05) is 18.3 Å². The maximum absolute atomic E-state index is 13.1. The molecule has 5 nitrogen and oxygen atoms in total. The van der Waals surface area contributed by atoms with Crippen molar-refractivity contribution in [3.05, 3.63) is 47.7 Å². The van der Waals surface area contributed by atoms with E-state index in [1.807, 2.05) is 35.2 Å². The number of anilines is 1. The number of carbonyl (C=O) groups is 1. The Morgan fingerprint density at radius 3 is 2.96 bits per heavy atom. The van der Waals surface area contributed by atoms with E-state index in [-0.39, 0.29) is 18.6 Å². The van der Waals surface area contributed by atoms with Gasteiger partial charge in [0.25, 0.3) is 0 Å². The van der Waals surface area contributed by atoms with E-state index >= 15 is 0 Å². The second-order valence-corrected chi connectivity index (χ2v) is 6.16. The molecule has 0 spiro atoms. The zero-order valence-electron chi connectivity index (χ0n) is 13.7. The van der Waals surface area contributed by atoms with Gasteiger partial charge in [0.2, 0.25) is 12.7 Å². The van der Waals surface area contributed by atoms with Gasteiger partial charge in [-0.15, -0.1) is 0 Å². The Kier molecular flexibility index (Phi) is 3.84. The second kappa shape index (κ2) is 6.15. The zero-order valence-corrected chi connectivity index (χ0v) is 13.7. The van der Waals surface area contributed by atoms with Crippen LogP contribution < -0.4 is 14.4 Å². The van der Waals surface area contributed by atoms with Gasteiger partial charge in [0.15, 0.2) is 11.5 Å². The highest BCUT2D eigenvalue weighted by Gasteiger charge is 2.39. The van der Waals surface area contributed by atoms with Gasteiger partial charge in [0.1, 0.15) is 5.82 Å². The average Bonchev–Trinajstić information content (AvgIpc) is 3.17. The first kappa shape index (κ1) is 15.0. The van der Waals surface area contributed by atoms with Crippen LogP contribution in [0.5, 0.6) is 11.5 Å². The molecule has 0 saturated heterocycles. The highest BCUT2D eigenvalue weighted by atomic mass is 16.7. The largest absolute Gasteiger partial charge is 0.454 e. The summed E-state index contributed by atoms with van der Waals surface area (Å²) in [5.41, 5.74) is 1.90. The highest BCUT2D eigenvalue weighted by molar-refractivity contribution is 6.06. The lowest BCUT2D eigenvalue weighted by molar-refractivity contribution is -0.118. The number of nitrogens with zero attached hydrogens (tertiary/aromatic N) is 2. The first-order valence-electron chi connectivity index (χ1n) is 8.45.